The molecule has 2 heterocycles. The molecule has 0 bridgehead atoms. The van der Waals surface area contributed by atoms with E-state index in [0.717, 1.165) is 35.0 Å². The highest BCUT2D eigenvalue weighted by atomic mass is 16.6. The molecule has 21 heavy (non-hydrogen) atoms. The number of benzene rings is 1. The Bertz CT molecular complexity index is 628. The van der Waals surface area contributed by atoms with Gasteiger partial charge in [-0.2, -0.15) is 0 Å². The molecule has 1 aliphatic rings. The molecule has 1 aromatic carbocycles. The minimum Gasteiger partial charge on any atom is -0.486 e. The van der Waals surface area contributed by atoms with Crippen molar-refractivity contribution in [2.24, 2.45) is 0 Å². The molecule has 4 heteroatoms. The summed E-state index contributed by atoms with van der Waals surface area (Å²) in [7, 11) is 0. The van der Waals surface area contributed by atoms with E-state index in [2.05, 4.69) is 29.4 Å². The lowest BCUT2D eigenvalue weighted by molar-refractivity contribution is 0.171. The highest BCUT2D eigenvalue weighted by Gasteiger charge is 2.18. The Morgan fingerprint density at radius 3 is 2.71 bits per heavy atom. The molecule has 4 nitrogen and oxygen atoms in total. The Labute approximate surface area is 125 Å². The van der Waals surface area contributed by atoms with Crippen LogP contribution in [0, 0.1) is 6.92 Å². The fourth-order valence-corrected chi connectivity index (χ4v) is 2.56. The predicted octanol–water partition coefficient (Wildman–Crippen LogP) is 2.86. The molecule has 0 aliphatic carbocycles. The molecule has 2 aromatic rings. The van der Waals surface area contributed by atoms with Crippen LogP contribution in [0.1, 0.15) is 29.9 Å². The zero-order valence-electron chi connectivity index (χ0n) is 12.4. The second-order valence-electron chi connectivity index (χ2n) is 5.10. The first-order chi connectivity index (χ1) is 10.3. The fraction of sp³-hybridized carbons (Fsp3) is 0.353. The molecule has 1 aliphatic heterocycles. The van der Waals surface area contributed by atoms with Crippen molar-refractivity contribution in [3.8, 4) is 11.5 Å². The fourth-order valence-electron chi connectivity index (χ4n) is 2.56. The van der Waals surface area contributed by atoms with Crippen LogP contribution in [0.2, 0.25) is 0 Å². The number of hydrogen-bond donors (Lipinski definition) is 1. The maximum Gasteiger partial charge on any atom is 0.161 e. The monoisotopic (exact) mass is 284 g/mol. The highest BCUT2D eigenvalue weighted by molar-refractivity contribution is 5.46. The first-order valence-electron chi connectivity index (χ1n) is 7.34. The van der Waals surface area contributed by atoms with Crippen LogP contribution < -0.4 is 14.8 Å². The molecule has 0 saturated carbocycles. The van der Waals surface area contributed by atoms with Gasteiger partial charge in [0.25, 0.3) is 0 Å². The third-order valence-corrected chi connectivity index (χ3v) is 3.51. The SMILES string of the molecule is CCNC(c1ccc2c(c1)OCCO2)c1cccc(C)n1. The minimum atomic E-state index is 0.0609. The molecule has 1 aromatic heterocycles. The summed E-state index contributed by atoms with van der Waals surface area (Å²) in [5.74, 6) is 1.63. The van der Waals surface area contributed by atoms with Gasteiger partial charge >= 0.3 is 0 Å². The van der Waals surface area contributed by atoms with Gasteiger partial charge in [0.05, 0.1) is 11.7 Å². The number of nitrogens with zero attached hydrogens (tertiary/aromatic N) is 1. The number of fused-ring (bicyclic) bond motifs is 1. The zero-order chi connectivity index (χ0) is 14.7. The third-order valence-electron chi connectivity index (χ3n) is 3.51. The maximum absolute atomic E-state index is 5.68. The third kappa shape index (κ3) is 3.00. The van der Waals surface area contributed by atoms with Gasteiger partial charge in [-0.3, -0.25) is 4.98 Å². The van der Waals surface area contributed by atoms with E-state index in [0.29, 0.717) is 13.2 Å². The number of hydrogen-bond acceptors (Lipinski definition) is 4. The van der Waals surface area contributed by atoms with E-state index in [1.165, 1.54) is 0 Å². The summed E-state index contributed by atoms with van der Waals surface area (Å²) in [6, 6.07) is 12.3. The molecule has 0 radical (unpaired) electrons. The standard InChI is InChI=1S/C17H20N2O2/c1-3-18-17(14-6-4-5-12(2)19-14)13-7-8-15-16(11-13)21-10-9-20-15/h4-8,11,17-18H,3,9-10H2,1-2H3. The lowest BCUT2D eigenvalue weighted by atomic mass is 10.0. The number of nitrogens with one attached hydrogen (secondary N) is 1. The summed E-state index contributed by atoms with van der Waals surface area (Å²) in [4.78, 5) is 4.65. The largest absolute Gasteiger partial charge is 0.486 e. The molecule has 0 spiro atoms. The highest BCUT2D eigenvalue weighted by Crippen LogP contribution is 2.34. The Morgan fingerprint density at radius 1 is 1.14 bits per heavy atom. The van der Waals surface area contributed by atoms with Gasteiger partial charge in [-0.05, 0) is 43.3 Å². The zero-order valence-corrected chi connectivity index (χ0v) is 12.4. The van der Waals surface area contributed by atoms with Crippen LogP contribution in [0.4, 0.5) is 0 Å². The van der Waals surface area contributed by atoms with Crippen molar-refractivity contribution in [3.63, 3.8) is 0 Å². The predicted molar refractivity (Wildman–Crippen MR) is 81.9 cm³/mol. The van der Waals surface area contributed by atoms with Crippen molar-refractivity contribution in [1.82, 2.24) is 10.3 Å². The molecule has 0 fully saturated rings. The molecule has 3 rings (SSSR count). The average Bonchev–Trinajstić information content (AvgIpc) is 2.52. The number of pyridine rings is 1. The van der Waals surface area contributed by atoms with E-state index in [1.807, 2.05) is 31.2 Å². The summed E-state index contributed by atoms with van der Waals surface area (Å²) in [6.07, 6.45) is 0. The van der Waals surface area contributed by atoms with Crippen molar-refractivity contribution in [3.05, 3.63) is 53.3 Å². The molecule has 1 unspecified atom stereocenters. The quantitative estimate of drug-likeness (QED) is 0.937. The minimum absolute atomic E-state index is 0.0609. The Hall–Kier alpha value is -2.07. The molecule has 1 atom stereocenters. The van der Waals surface area contributed by atoms with Gasteiger partial charge in [0.1, 0.15) is 13.2 Å². The van der Waals surface area contributed by atoms with Crippen LogP contribution in [0.15, 0.2) is 36.4 Å². The van der Waals surface area contributed by atoms with E-state index in [1.54, 1.807) is 0 Å². The Balaban J connectivity index is 1.97. The second-order valence-corrected chi connectivity index (χ2v) is 5.10. The summed E-state index contributed by atoms with van der Waals surface area (Å²) >= 11 is 0. The van der Waals surface area contributed by atoms with Crippen LogP contribution in [0.25, 0.3) is 0 Å². The summed E-state index contributed by atoms with van der Waals surface area (Å²) in [6.45, 7) is 6.19. The molecule has 110 valence electrons. The molecule has 0 saturated heterocycles. The van der Waals surface area contributed by atoms with E-state index in [-0.39, 0.29) is 6.04 Å². The molecule has 0 amide bonds. The van der Waals surface area contributed by atoms with Gasteiger partial charge in [-0.25, -0.2) is 0 Å². The van der Waals surface area contributed by atoms with E-state index < -0.39 is 0 Å². The lowest BCUT2D eigenvalue weighted by Gasteiger charge is -2.22. The van der Waals surface area contributed by atoms with Gasteiger partial charge in [-0.15, -0.1) is 0 Å². The van der Waals surface area contributed by atoms with E-state index in [4.69, 9.17) is 9.47 Å². The van der Waals surface area contributed by atoms with Crippen molar-refractivity contribution in [2.75, 3.05) is 19.8 Å². The summed E-state index contributed by atoms with van der Waals surface area (Å²) in [5, 5.41) is 3.49. The van der Waals surface area contributed by atoms with E-state index >= 15 is 0 Å². The normalized spacial score (nSPS) is 14.8. The Kier molecular flexibility index (Phi) is 4.06. The number of ether oxygens (including phenoxy) is 2. The smallest absolute Gasteiger partial charge is 0.161 e. The number of aromatic nitrogens is 1. The van der Waals surface area contributed by atoms with Crippen LogP contribution in [-0.2, 0) is 0 Å². The van der Waals surface area contributed by atoms with E-state index in [9.17, 15) is 0 Å². The van der Waals surface area contributed by atoms with Gasteiger partial charge in [0, 0.05) is 5.69 Å². The first-order valence-corrected chi connectivity index (χ1v) is 7.34. The van der Waals surface area contributed by atoms with Crippen LogP contribution in [0.3, 0.4) is 0 Å². The topological polar surface area (TPSA) is 43.4 Å². The van der Waals surface area contributed by atoms with Crippen LogP contribution in [-0.4, -0.2) is 24.7 Å². The van der Waals surface area contributed by atoms with Crippen molar-refractivity contribution < 1.29 is 9.47 Å². The van der Waals surface area contributed by atoms with Gasteiger partial charge < -0.3 is 14.8 Å². The molecule has 1 N–H and O–H groups in total. The van der Waals surface area contributed by atoms with Gasteiger partial charge in [-0.1, -0.05) is 19.1 Å². The van der Waals surface area contributed by atoms with Crippen LogP contribution in [0.5, 0.6) is 11.5 Å². The lowest BCUT2D eigenvalue weighted by Crippen LogP contribution is -2.23. The van der Waals surface area contributed by atoms with Crippen molar-refractivity contribution in [1.29, 1.82) is 0 Å². The first kappa shape index (κ1) is 13.9. The van der Waals surface area contributed by atoms with Crippen molar-refractivity contribution >= 4 is 0 Å². The second kappa shape index (κ2) is 6.14. The average molecular weight is 284 g/mol. The summed E-state index contributed by atoms with van der Waals surface area (Å²) < 4.78 is 11.3. The molecular weight excluding hydrogens is 264 g/mol. The number of rotatable bonds is 4. The Morgan fingerprint density at radius 2 is 1.95 bits per heavy atom. The maximum atomic E-state index is 5.68. The van der Waals surface area contributed by atoms with Crippen molar-refractivity contribution in [2.45, 2.75) is 19.9 Å². The van der Waals surface area contributed by atoms with Gasteiger partial charge in [0.15, 0.2) is 11.5 Å². The summed E-state index contributed by atoms with van der Waals surface area (Å²) in [5.41, 5.74) is 3.18. The van der Waals surface area contributed by atoms with Gasteiger partial charge in [0.2, 0.25) is 0 Å². The number of aryl methyl sites for hydroxylation is 1. The van der Waals surface area contributed by atoms with Crippen LogP contribution >= 0.6 is 0 Å². The molecular formula is C17H20N2O2.